The van der Waals surface area contributed by atoms with Gasteiger partial charge in [-0.2, -0.15) is 5.10 Å². The largest absolute Gasteiger partial charge is 0.399 e. The molecule has 104 valence electrons. The highest BCUT2D eigenvalue weighted by atomic mass is 16.2. The number of amides is 1. The molecule has 0 saturated carbocycles. The number of aromatic nitrogens is 2. The summed E-state index contributed by atoms with van der Waals surface area (Å²) >= 11 is 0. The van der Waals surface area contributed by atoms with Gasteiger partial charge in [0.25, 0.3) is 5.91 Å². The van der Waals surface area contributed by atoms with Gasteiger partial charge in [-0.3, -0.25) is 9.89 Å². The van der Waals surface area contributed by atoms with Crippen molar-refractivity contribution >= 4 is 11.6 Å². The lowest BCUT2D eigenvalue weighted by atomic mass is 10.0. The Morgan fingerprint density at radius 1 is 1.15 bits per heavy atom. The van der Waals surface area contributed by atoms with Crippen LogP contribution in [0.5, 0.6) is 0 Å². The number of nitrogens with one attached hydrogen (secondary N) is 1. The predicted molar refractivity (Wildman–Crippen MR) is 78.2 cm³/mol. The maximum absolute atomic E-state index is 12.5. The highest BCUT2D eigenvalue weighted by Crippen LogP contribution is 2.24. The number of piperidine rings is 1. The summed E-state index contributed by atoms with van der Waals surface area (Å²) in [4.78, 5) is 14.4. The summed E-state index contributed by atoms with van der Waals surface area (Å²) in [6.07, 6.45) is 6.90. The van der Waals surface area contributed by atoms with Crippen LogP contribution < -0.4 is 5.73 Å². The Hall–Kier alpha value is -2.30. The van der Waals surface area contributed by atoms with E-state index in [9.17, 15) is 4.79 Å². The van der Waals surface area contributed by atoms with Gasteiger partial charge < -0.3 is 10.6 Å². The van der Waals surface area contributed by atoms with Crippen molar-refractivity contribution in [3.05, 3.63) is 36.2 Å². The van der Waals surface area contributed by atoms with Crippen LogP contribution in [0.1, 0.15) is 29.6 Å². The normalized spacial score (nSPS) is 15.3. The summed E-state index contributed by atoms with van der Waals surface area (Å²) in [7, 11) is 0. The number of aromatic amines is 1. The van der Waals surface area contributed by atoms with E-state index in [-0.39, 0.29) is 5.91 Å². The standard InChI is InChI=1S/C15H18N4O/c16-14-7-11(13-9-17-18-10-13)6-12(8-14)15(20)19-4-2-1-3-5-19/h6-10H,1-5,16H2,(H,17,18). The maximum atomic E-state index is 12.5. The molecule has 0 unspecified atom stereocenters. The van der Waals surface area contributed by atoms with Crippen LogP contribution in [-0.4, -0.2) is 34.1 Å². The minimum Gasteiger partial charge on any atom is -0.399 e. The van der Waals surface area contributed by atoms with Crippen LogP contribution in [0.2, 0.25) is 0 Å². The Morgan fingerprint density at radius 2 is 1.95 bits per heavy atom. The van der Waals surface area contributed by atoms with E-state index in [1.807, 2.05) is 17.0 Å². The van der Waals surface area contributed by atoms with E-state index in [0.717, 1.165) is 37.1 Å². The summed E-state index contributed by atoms with van der Waals surface area (Å²) in [5.41, 5.74) is 9.04. The summed E-state index contributed by atoms with van der Waals surface area (Å²) in [6.45, 7) is 1.68. The number of carbonyl (C=O) groups excluding carboxylic acids is 1. The molecule has 2 heterocycles. The molecule has 20 heavy (non-hydrogen) atoms. The van der Waals surface area contributed by atoms with Crippen molar-refractivity contribution < 1.29 is 4.79 Å². The third kappa shape index (κ3) is 2.52. The number of hydrogen-bond acceptors (Lipinski definition) is 3. The Kier molecular flexibility index (Phi) is 3.41. The molecule has 3 rings (SSSR count). The molecule has 1 aromatic heterocycles. The number of nitrogens with two attached hydrogens (primary N) is 1. The second-order valence-corrected chi connectivity index (χ2v) is 5.18. The van der Waals surface area contributed by atoms with Crippen LogP contribution >= 0.6 is 0 Å². The Morgan fingerprint density at radius 3 is 2.65 bits per heavy atom. The molecule has 5 nitrogen and oxygen atoms in total. The maximum Gasteiger partial charge on any atom is 0.253 e. The zero-order valence-electron chi connectivity index (χ0n) is 11.3. The monoisotopic (exact) mass is 270 g/mol. The molecule has 0 aliphatic carbocycles. The number of nitrogens with zero attached hydrogens (tertiary/aromatic N) is 2. The van der Waals surface area contributed by atoms with Gasteiger partial charge in [0.1, 0.15) is 0 Å². The van der Waals surface area contributed by atoms with E-state index in [1.54, 1.807) is 18.5 Å². The van der Waals surface area contributed by atoms with Crippen molar-refractivity contribution in [1.82, 2.24) is 15.1 Å². The van der Waals surface area contributed by atoms with Crippen LogP contribution in [0.15, 0.2) is 30.6 Å². The second kappa shape index (κ2) is 5.36. The van der Waals surface area contributed by atoms with Crippen LogP contribution in [0.4, 0.5) is 5.69 Å². The molecule has 0 atom stereocenters. The van der Waals surface area contributed by atoms with E-state index in [2.05, 4.69) is 10.2 Å². The summed E-state index contributed by atoms with van der Waals surface area (Å²) in [5.74, 6) is 0.0711. The lowest BCUT2D eigenvalue weighted by molar-refractivity contribution is 0.0724. The smallest absolute Gasteiger partial charge is 0.253 e. The zero-order chi connectivity index (χ0) is 13.9. The molecule has 1 fully saturated rings. The minimum atomic E-state index is 0.0711. The average molecular weight is 270 g/mol. The molecule has 1 aliphatic heterocycles. The van der Waals surface area contributed by atoms with Gasteiger partial charge in [0.15, 0.2) is 0 Å². The van der Waals surface area contributed by atoms with Crippen LogP contribution in [0.3, 0.4) is 0 Å². The van der Waals surface area contributed by atoms with E-state index < -0.39 is 0 Å². The van der Waals surface area contributed by atoms with Gasteiger partial charge in [0.2, 0.25) is 0 Å². The predicted octanol–water partition coefficient (Wildman–Crippen LogP) is 2.29. The molecular formula is C15H18N4O. The first-order valence-corrected chi connectivity index (χ1v) is 6.93. The van der Waals surface area contributed by atoms with Crippen molar-refractivity contribution in [1.29, 1.82) is 0 Å². The highest BCUT2D eigenvalue weighted by molar-refractivity contribution is 5.96. The molecule has 1 saturated heterocycles. The van der Waals surface area contributed by atoms with Gasteiger partial charge >= 0.3 is 0 Å². The molecule has 1 aliphatic rings. The van der Waals surface area contributed by atoms with Gasteiger partial charge in [0, 0.05) is 36.1 Å². The number of rotatable bonds is 2. The van der Waals surface area contributed by atoms with Crippen molar-refractivity contribution in [3.63, 3.8) is 0 Å². The lowest BCUT2D eigenvalue weighted by Gasteiger charge is -2.27. The number of benzene rings is 1. The number of anilines is 1. The van der Waals surface area contributed by atoms with Gasteiger partial charge in [-0.05, 0) is 43.0 Å². The summed E-state index contributed by atoms with van der Waals surface area (Å²) in [6, 6.07) is 5.50. The fourth-order valence-corrected chi connectivity index (χ4v) is 2.63. The van der Waals surface area contributed by atoms with E-state index in [1.165, 1.54) is 6.42 Å². The van der Waals surface area contributed by atoms with Gasteiger partial charge in [-0.25, -0.2) is 0 Å². The SMILES string of the molecule is Nc1cc(C(=O)N2CCCCC2)cc(-c2cn[nH]c2)c1. The number of carbonyl (C=O) groups is 1. The van der Waals surface area contributed by atoms with Gasteiger partial charge in [-0.15, -0.1) is 0 Å². The number of nitrogen functional groups attached to an aromatic ring is 1. The zero-order valence-corrected chi connectivity index (χ0v) is 11.3. The van der Waals surface area contributed by atoms with Crippen molar-refractivity contribution in [3.8, 4) is 11.1 Å². The molecule has 2 aromatic rings. The number of hydrogen-bond donors (Lipinski definition) is 2. The molecular weight excluding hydrogens is 252 g/mol. The van der Waals surface area contributed by atoms with Crippen LogP contribution in [0, 0.1) is 0 Å². The first-order chi connectivity index (χ1) is 9.74. The molecule has 0 radical (unpaired) electrons. The summed E-state index contributed by atoms with van der Waals surface area (Å²) in [5, 5.41) is 6.71. The average Bonchev–Trinajstić information content (AvgIpc) is 3.01. The minimum absolute atomic E-state index is 0.0711. The fraction of sp³-hybridized carbons (Fsp3) is 0.333. The molecule has 1 amide bonds. The highest BCUT2D eigenvalue weighted by Gasteiger charge is 2.19. The van der Waals surface area contributed by atoms with Gasteiger partial charge in [0.05, 0.1) is 6.20 Å². The Bertz CT molecular complexity index is 600. The van der Waals surface area contributed by atoms with Crippen LogP contribution in [0.25, 0.3) is 11.1 Å². The quantitative estimate of drug-likeness (QED) is 0.822. The first-order valence-electron chi connectivity index (χ1n) is 6.93. The third-order valence-corrected chi connectivity index (χ3v) is 3.68. The van der Waals surface area contributed by atoms with Crippen molar-refractivity contribution in [2.45, 2.75) is 19.3 Å². The van der Waals surface area contributed by atoms with E-state index >= 15 is 0 Å². The van der Waals surface area contributed by atoms with Crippen LogP contribution in [-0.2, 0) is 0 Å². The molecule has 1 aromatic carbocycles. The molecule has 5 heteroatoms. The first kappa shape index (κ1) is 12.7. The topological polar surface area (TPSA) is 75.0 Å². The molecule has 3 N–H and O–H groups in total. The third-order valence-electron chi connectivity index (χ3n) is 3.68. The summed E-state index contributed by atoms with van der Waals surface area (Å²) < 4.78 is 0. The van der Waals surface area contributed by atoms with E-state index in [4.69, 9.17) is 5.73 Å². The number of likely N-dealkylation sites (tertiary alicyclic amines) is 1. The fourth-order valence-electron chi connectivity index (χ4n) is 2.63. The van der Waals surface area contributed by atoms with E-state index in [0.29, 0.717) is 11.3 Å². The Balaban J connectivity index is 1.91. The number of H-pyrrole nitrogens is 1. The van der Waals surface area contributed by atoms with Crippen molar-refractivity contribution in [2.75, 3.05) is 18.8 Å². The molecule has 0 spiro atoms. The van der Waals surface area contributed by atoms with Gasteiger partial charge in [-0.1, -0.05) is 0 Å². The van der Waals surface area contributed by atoms with Crippen molar-refractivity contribution in [2.24, 2.45) is 0 Å². The Labute approximate surface area is 117 Å². The lowest BCUT2D eigenvalue weighted by Crippen LogP contribution is -2.35. The molecule has 0 bridgehead atoms. The second-order valence-electron chi connectivity index (χ2n) is 5.18.